The van der Waals surface area contributed by atoms with E-state index in [-0.39, 0.29) is 17.3 Å². The first-order valence-electron chi connectivity index (χ1n) is 16.8. The normalized spacial score (nSPS) is 35.8. The van der Waals surface area contributed by atoms with Gasteiger partial charge in [-0.05, 0) is 114 Å². The van der Waals surface area contributed by atoms with Crippen LogP contribution in [0.1, 0.15) is 127 Å². The summed E-state index contributed by atoms with van der Waals surface area (Å²) in [6, 6.07) is 14.1. The van der Waals surface area contributed by atoms with Gasteiger partial charge in [0.1, 0.15) is 0 Å². The lowest BCUT2D eigenvalue weighted by atomic mass is 9.34. The average Bonchev–Trinajstić information content (AvgIpc) is 3.40. The summed E-state index contributed by atoms with van der Waals surface area (Å²) in [5, 5.41) is 8.30. The number of fused-ring (bicyclic) bond motifs is 8. The van der Waals surface area contributed by atoms with E-state index in [1.165, 1.54) is 72.5 Å². The van der Waals surface area contributed by atoms with Crippen molar-refractivity contribution in [3.8, 4) is 0 Å². The Morgan fingerprint density at radius 2 is 1.63 bits per heavy atom. The molecule has 6 atom stereocenters. The molecule has 5 unspecified atom stereocenters. The average molecular weight is 580 g/mol. The first-order chi connectivity index (χ1) is 20.3. The minimum Gasteiger partial charge on any atom is -0.483 e. The highest BCUT2D eigenvalue weighted by Gasteiger charge is 2.66. The SMILES string of the molecule is CCc1cccc2c(C3C=C4C(C)(CC[C@@]5(C)C6CC(C)(C)CCC6(C)CCC45C)c4cccc(C)c43)c[nH]c12.O=CO. The molecule has 0 saturated heterocycles. The van der Waals surface area contributed by atoms with Gasteiger partial charge >= 0.3 is 0 Å². The van der Waals surface area contributed by atoms with E-state index in [1.807, 2.05) is 0 Å². The van der Waals surface area contributed by atoms with Gasteiger partial charge in [0.25, 0.3) is 6.47 Å². The Labute approximate surface area is 259 Å². The van der Waals surface area contributed by atoms with Crippen molar-refractivity contribution in [2.75, 3.05) is 0 Å². The molecule has 3 saturated carbocycles. The van der Waals surface area contributed by atoms with Crippen molar-refractivity contribution in [3.05, 3.63) is 82.1 Å². The maximum absolute atomic E-state index is 8.36. The van der Waals surface area contributed by atoms with Crippen molar-refractivity contribution in [3.63, 3.8) is 0 Å². The van der Waals surface area contributed by atoms with Crippen molar-refractivity contribution in [1.29, 1.82) is 0 Å². The minimum absolute atomic E-state index is 0.116. The molecule has 230 valence electrons. The van der Waals surface area contributed by atoms with Crippen LogP contribution < -0.4 is 0 Å². The van der Waals surface area contributed by atoms with E-state index in [9.17, 15) is 0 Å². The zero-order valence-corrected chi connectivity index (χ0v) is 27.9. The molecule has 0 aliphatic heterocycles. The fourth-order valence-electron chi connectivity index (χ4n) is 10.9. The van der Waals surface area contributed by atoms with Crippen molar-refractivity contribution < 1.29 is 9.90 Å². The maximum Gasteiger partial charge on any atom is 0.290 e. The van der Waals surface area contributed by atoms with Crippen LogP contribution in [-0.2, 0) is 16.6 Å². The molecule has 4 aliphatic carbocycles. The largest absolute Gasteiger partial charge is 0.483 e. The Kier molecular flexibility index (Phi) is 7.11. The number of hydrogen-bond donors (Lipinski definition) is 2. The zero-order chi connectivity index (χ0) is 31.0. The van der Waals surface area contributed by atoms with Crippen LogP contribution >= 0.6 is 0 Å². The Morgan fingerprint density at radius 1 is 0.930 bits per heavy atom. The molecule has 4 aliphatic rings. The number of rotatable bonds is 2. The van der Waals surface area contributed by atoms with Crippen LogP contribution in [0.3, 0.4) is 0 Å². The topological polar surface area (TPSA) is 53.1 Å². The van der Waals surface area contributed by atoms with E-state index in [1.54, 1.807) is 16.7 Å². The van der Waals surface area contributed by atoms with Crippen LogP contribution in [-0.4, -0.2) is 16.6 Å². The molecule has 1 aromatic heterocycles. The lowest BCUT2D eigenvalue weighted by Crippen LogP contribution is -2.62. The van der Waals surface area contributed by atoms with E-state index < -0.39 is 0 Å². The summed E-state index contributed by atoms with van der Waals surface area (Å²) in [6.45, 7) is 20.2. The predicted octanol–water partition coefficient (Wildman–Crippen LogP) is 10.5. The summed E-state index contributed by atoms with van der Waals surface area (Å²) in [5.41, 5.74) is 12.2. The molecule has 1 heterocycles. The summed E-state index contributed by atoms with van der Waals surface area (Å²) in [7, 11) is 0. The van der Waals surface area contributed by atoms with Gasteiger partial charge in [0.15, 0.2) is 0 Å². The maximum atomic E-state index is 8.36. The molecule has 0 bridgehead atoms. The van der Waals surface area contributed by atoms with Gasteiger partial charge in [0, 0.05) is 28.4 Å². The van der Waals surface area contributed by atoms with Crippen molar-refractivity contribution >= 4 is 17.4 Å². The van der Waals surface area contributed by atoms with Gasteiger partial charge in [-0.1, -0.05) is 96.5 Å². The number of aromatic nitrogens is 1. The summed E-state index contributed by atoms with van der Waals surface area (Å²) in [4.78, 5) is 12.1. The smallest absolute Gasteiger partial charge is 0.290 e. The lowest BCUT2D eigenvalue weighted by molar-refractivity contribution is -0.156. The van der Waals surface area contributed by atoms with Crippen LogP contribution in [0.2, 0.25) is 0 Å². The highest BCUT2D eigenvalue weighted by atomic mass is 16.3. The number of aromatic amines is 1. The third-order valence-corrected chi connectivity index (χ3v) is 13.6. The van der Waals surface area contributed by atoms with E-state index in [0.29, 0.717) is 22.2 Å². The summed E-state index contributed by atoms with van der Waals surface area (Å²) >= 11 is 0. The molecule has 0 radical (unpaired) electrons. The number of aryl methyl sites for hydroxylation is 2. The number of nitrogens with one attached hydrogen (secondary N) is 1. The number of carboxylic acid groups (broad SMARTS) is 1. The fourth-order valence-corrected chi connectivity index (χ4v) is 10.9. The van der Waals surface area contributed by atoms with Gasteiger partial charge in [0.05, 0.1) is 0 Å². The van der Waals surface area contributed by atoms with Crippen LogP contribution in [0.4, 0.5) is 0 Å². The first kappa shape index (κ1) is 30.2. The standard InChI is InChI=1S/C39H51N.CH2O2/c1-9-26-13-11-14-27-29(24-40-34(26)27)28-22-31-37(6,30-15-10-12-25(2)33(28)30)19-21-39(8)32-23-35(3,4)16-17-36(32,5)18-20-38(31,39)7;2-1-3/h10-15,22,24,28,32,40H,9,16-21,23H2,1-8H3;1H,(H,2,3)/t28?,32?,36?,37?,38?,39-;/m0./s1. The van der Waals surface area contributed by atoms with E-state index >= 15 is 0 Å². The Morgan fingerprint density at radius 3 is 2.35 bits per heavy atom. The second kappa shape index (κ2) is 10.1. The number of benzene rings is 2. The number of allylic oxidation sites excluding steroid dienone is 2. The van der Waals surface area contributed by atoms with Gasteiger partial charge in [0.2, 0.25) is 0 Å². The van der Waals surface area contributed by atoms with Crippen LogP contribution in [0.25, 0.3) is 10.9 Å². The molecule has 3 nitrogen and oxygen atoms in total. The zero-order valence-electron chi connectivity index (χ0n) is 27.9. The van der Waals surface area contributed by atoms with Gasteiger partial charge in [-0.2, -0.15) is 0 Å². The molecule has 0 spiro atoms. The quantitative estimate of drug-likeness (QED) is 0.234. The van der Waals surface area contributed by atoms with Crippen molar-refractivity contribution in [1.82, 2.24) is 4.98 Å². The Balaban J connectivity index is 0.00000105. The van der Waals surface area contributed by atoms with E-state index in [0.717, 1.165) is 12.3 Å². The van der Waals surface area contributed by atoms with E-state index in [2.05, 4.69) is 109 Å². The highest BCUT2D eigenvalue weighted by Crippen LogP contribution is 2.75. The molecule has 3 fully saturated rings. The summed E-state index contributed by atoms with van der Waals surface area (Å²) in [5.74, 6) is 1.10. The second-order valence-corrected chi connectivity index (χ2v) is 16.3. The number of H-pyrrole nitrogens is 1. The molecule has 2 N–H and O–H groups in total. The van der Waals surface area contributed by atoms with Crippen molar-refractivity contribution in [2.24, 2.45) is 27.6 Å². The lowest BCUT2D eigenvalue weighted by Gasteiger charge is -2.70. The summed E-state index contributed by atoms with van der Waals surface area (Å²) < 4.78 is 0. The minimum atomic E-state index is -0.250. The van der Waals surface area contributed by atoms with Crippen LogP contribution in [0.5, 0.6) is 0 Å². The summed E-state index contributed by atoms with van der Waals surface area (Å²) in [6.07, 6.45) is 15.7. The monoisotopic (exact) mass is 579 g/mol. The molecule has 43 heavy (non-hydrogen) atoms. The fraction of sp³-hybridized carbons (Fsp3) is 0.575. The van der Waals surface area contributed by atoms with E-state index in [4.69, 9.17) is 9.90 Å². The number of carbonyl (C=O) groups is 1. The highest BCUT2D eigenvalue weighted by molar-refractivity contribution is 5.87. The molecule has 7 rings (SSSR count). The third-order valence-electron chi connectivity index (χ3n) is 13.6. The third kappa shape index (κ3) is 4.23. The van der Waals surface area contributed by atoms with Crippen LogP contribution in [0.15, 0.2) is 54.2 Å². The molecule has 3 heteroatoms. The predicted molar refractivity (Wildman–Crippen MR) is 179 cm³/mol. The second-order valence-electron chi connectivity index (χ2n) is 16.3. The number of para-hydroxylation sites is 1. The molecule has 0 amide bonds. The molecular formula is C40H53NO2. The number of hydrogen-bond acceptors (Lipinski definition) is 1. The molecule has 3 aromatic rings. The van der Waals surface area contributed by atoms with Gasteiger partial charge in [-0.3, -0.25) is 4.79 Å². The Hall–Kier alpha value is -2.81. The van der Waals surface area contributed by atoms with Gasteiger partial charge in [-0.25, -0.2) is 0 Å². The molecular weight excluding hydrogens is 526 g/mol. The first-order valence-corrected chi connectivity index (χ1v) is 16.8. The van der Waals surface area contributed by atoms with Gasteiger partial charge < -0.3 is 10.1 Å². The van der Waals surface area contributed by atoms with Crippen LogP contribution in [0, 0.1) is 34.5 Å². The molecule has 2 aromatic carbocycles. The van der Waals surface area contributed by atoms with Gasteiger partial charge in [-0.15, -0.1) is 0 Å². The van der Waals surface area contributed by atoms with Crippen molar-refractivity contribution in [2.45, 2.75) is 118 Å². The Bertz CT molecular complexity index is 1590.